The van der Waals surface area contributed by atoms with Gasteiger partial charge in [0.2, 0.25) is 5.91 Å². The van der Waals surface area contributed by atoms with Crippen molar-refractivity contribution in [1.29, 1.82) is 0 Å². The molecule has 0 spiro atoms. The molecule has 7 heteroatoms. The fourth-order valence-corrected chi connectivity index (χ4v) is 3.82. The monoisotopic (exact) mass is 339 g/mol. The highest BCUT2D eigenvalue weighted by Crippen LogP contribution is 2.35. The van der Waals surface area contributed by atoms with Gasteiger partial charge in [-0.25, -0.2) is 4.98 Å². The van der Waals surface area contributed by atoms with Crippen molar-refractivity contribution >= 4 is 11.7 Å². The Labute approximate surface area is 146 Å². The summed E-state index contributed by atoms with van der Waals surface area (Å²) in [6, 6.07) is 4.04. The van der Waals surface area contributed by atoms with Gasteiger partial charge in [-0.15, -0.1) is 0 Å². The van der Waals surface area contributed by atoms with Crippen LogP contribution in [-0.2, 0) is 16.1 Å². The van der Waals surface area contributed by atoms with E-state index in [9.17, 15) is 4.79 Å². The molecule has 2 saturated heterocycles. The van der Waals surface area contributed by atoms with E-state index in [1.807, 2.05) is 12.3 Å². The second-order valence-electron chi connectivity index (χ2n) is 6.70. The zero-order valence-electron chi connectivity index (χ0n) is 13.9. The van der Waals surface area contributed by atoms with Gasteiger partial charge in [-0.2, -0.15) is 0 Å². The third-order valence-corrected chi connectivity index (χ3v) is 4.99. The van der Waals surface area contributed by atoms with E-state index in [1.165, 1.54) is 5.56 Å². The average molecular weight is 339 g/mol. The number of aromatic nitrogens is 3. The minimum atomic E-state index is -0.153. The summed E-state index contributed by atoms with van der Waals surface area (Å²) in [5.74, 6) is 1.00. The van der Waals surface area contributed by atoms with Gasteiger partial charge in [0.05, 0.1) is 25.3 Å². The van der Waals surface area contributed by atoms with Crippen molar-refractivity contribution in [3.8, 4) is 0 Å². The first-order chi connectivity index (χ1) is 12.3. The fourth-order valence-electron chi connectivity index (χ4n) is 3.82. The molecule has 2 aromatic heterocycles. The van der Waals surface area contributed by atoms with Crippen LogP contribution in [0.3, 0.4) is 0 Å². The smallest absolute Gasteiger partial charge is 0.231 e. The van der Waals surface area contributed by atoms with E-state index in [4.69, 9.17) is 4.74 Å². The van der Waals surface area contributed by atoms with Gasteiger partial charge in [-0.1, -0.05) is 6.07 Å². The Bertz CT molecular complexity index is 712. The Kier molecular flexibility index (Phi) is 4.67. The van der Waals surface area contributed by atoms with Gasteiger partial charge in [-0.3, -0.25) is 19.7 Å². The molecular weight excluding hydrogens is 318 g/mol. The lowest BCUT2D eigenvalue weighted by atomic mass is 9.82. The molecule has 2 aliphatic rings. The van der Waals surface area contributed by atoms with Crippen molar-refractivity contribution in [2.24, 2.45) is 17.8 Å². The highest BCUT2D eigenvalue weighted by molar-refractivity contribution is 5.92. The number of hydrogen-bond donors (Lipinski definition) is 1. The number of pyridine rings is 1. The van der Waals surface area contributed by atoms with E-state index >= 15 is 0 Å². The molecule has 2 fully saturated rings. The van der Waals surface area contributed by atoms with Gasteiger partial charge in [0, 0.05) is 44.4 Å². The van der Waals surface area contributed by atoms with Crippen molar-refractivity contribution in [2.45, 2.75) is 6.54 Å². The third-order valence-electron chi connectivity index (χ3n) is 4.99. The summed E-state index contributed by atoms with van der Waals surface area (Å²) in [6.07, 6.45) is 8.40. The molecule has 2 aromatic rings. The first-order valence-electron chi connectivity index (χ1n) is 8.55. The number of anilines is 1. The maximum atomic E-state index is 12.7. The number of nitrogens with zero attached hydrogens (tertiary/aromatic N) is 4. The van der Waals surface area contributed by atoms with Crippen molar-refractivity contribution in [3.05, 3.63) is 48.7 Å². The molecule has 0 aromatic carbocycles. The maximum absolute atomic E-state index is 12.7. The van der Waals surface area contributed by atoms with E-state index in [0.29, 0.717) is 24.3 Å². The molecule has 0 saturated carbocycles. The van der Waals surface area contributed by atoms with E-state index in [-0.39, 0.29) is 11.8 Å². The minimum absolute atomic E-state index is 0.0292. The molecular formula is C18H21N5O2. The fraction of sp³-hybridized carbons (Fsp3) is 0.444. The highest BCUT2D eigenvalue weighted by Gasteiger charge is 2.43. The summed E-state index contributed by atoms with van der Waals surface area (Å²) in [7, 11) is 0. The average Bonchev–Trinajstić information content (AvgIpc) is 3.05. The van der Waals surface area contributed by atoms with Crippen molar-refractivity contribution in [1.82, 2.24) is 19.9 Å². The summed E-state index contributed by atoms with van der Waals surface area (Å²) in [6.45, 7) is 3.91. The Balaban J connectivity index is 1.41. The lowest BCUT2D eigenvalue weighted by molar-refractivity contribution is -0.128. The largest absolute Gasteiger partial charge is 0.380 e. The standard InChI is InChI=1S/C18H21N5O2/c24-18(22-17-7-20-4-5-21-17)16-12-25-11-14-9-23(10-15(14)16)8-13-2-1-3-19-6-13/h1-7,14-16H,8-12H2,(H,21,22,24)/t14-,15-,16+/m1/s1. The van der Waals surface area contributed by atoms with Crippen LogP contribution < -0.4 is 5.32 Å². The lowest BCUT2D eigenvalue weighted by Crippen LogP contribution is -2.42. The molecule has 1 N–H and O–H groups in total. The lowest BCUT2D eigenvalue weighted by Gasteiger charge is -2.31. The molecule has 4 rings (SSSR count). The molecule has 4 heterocycles. The van der Waals surface area contributed by atoms with E-state index < -0.39 is 0 Å². The number of amides is 1. The second-order valence-corrected chi connectivity index (χ2v) is 6.70. The van der Waals surface area contributed by atoms with Gasteiger partial charge >= 0.3 is 0 Å². The van der Waals surface area contributed by atoms with Crippen molar-refractivity contribution in [2.75, 3.05) is 31.6 Å². The van der Waals surface area contributed by atoms with Gasteiger partial charge < -0.3 is 10.1 Å². The molecule has 1 amide bonds. The minimum Gasteiger partial charge on any atom is -0.380 e. The number of ether oxygens (including phenoxy) is 1. The quantitative estimate of drug-likeness (QED) is 0.902. The van der Waals surface area contributed by atoms with Gasteiger partial charge in [0.25, 0.3) is 0 Å². The molecule has 0 aliphatic carbocycles. The third kappa shape index (κ3) is 3.67. The molecule has 0 unspecified atom stereocenters. The van der Waals surface area contributed by atoms with Crippen LogP contribution in [0.2, 0.25) is 0 Å². The molecule has 25 heavy (non-hydrogen) atoms. The van der Waals surface area contributed by atoms with Gasteiger partial charge in [0.1, 0.15) is 0 Å². The van der Waals surface area contributed by atoms with Crippen LogP contribution in [-0.4, -0.2) is 52.1 Å². The van der Waals surface area contributed by atoms with Gasteiger partial charge in [-0.05, 0) is 23.5 Å². The number of carbonyl (C=O) groups excluding carboxylic acids is 1. The molecule has 0 bridgehead atoms. The number of hydrogen-bond acceptors (Lipinski definition) is 6. The number of rotatable bonds is 4. The van der Waals surface area contributed by atoms with Crippen LogP contribution in [0.4, 0.5) is 5.82 Å². The summed E-state index contributed by atoms with van der Waals surface area (Å²) in [4.78, 5) is 27.4. The van der Waals surface area contributed by atoms with Crippen LogP contribution in [0.15, 0.2) is 43.1 Å². The highest BCUT2D eigenvalue weighted by atomic mass is 16.5. The number of carbonyl (C=O) groups is 1. The molecule has 3 atom stereocenters. The van der Waals surface area contributed by atoms with Crippen molar-refractivity contribution < 1.29 is 9.53 Å². The normalized spacial score (nSPS) is 26.2. The van der Waals surface area contributed by atoms with Crippen LogP contribution in [0.5, 0.6) is 0 Å². The van der Waals surface area contributed by atoms with Crippen LogP contribution in [0, 0.1) is 17.8 Å². The molecule has 130 valence electrons. The van der Waals surface area contributed by atoms with E-state index in [2.05, 4.69) is 31.2 Å². The van der Waals surface area contributed by atoms with Crippen LogP contribution in [0.25, 0.3) is 0 Å². The zero-order valence-corrected chi connectivity index (χ0v) is 13.9. The predicted octanol–water partition coefficient (Wildman–Crippen LogP) is 1.20. The Hall–Kier alpha value is -2.38. The second kappa shape index (κ2) is 7.25. The number of fused-ring (bicyclic) bond motifs is 1. The Morgan fingerprint density at radius 1 is 1.20 bits per heavy atom. The zero-order chi connectivity index (χ0) is 17.1. The Morgan fingerprint density at radius 3 is 2.92 bits per heavy atom. The summed E-state index contributed by atoms with van der Waals surface area (Å²) >= 11 is 0. The number of nitrogens with one attached hydrogen (secondary N) is 1. The predicted molar refractivity (Wildman–Crippen MR) is 91.5 cm³/mol. The maximum Gasteiger partial charge on any atom is 0.231 e. The first-order valence-corrected chi connectivity index (χ1v) is 8.55. The van der Waals surface area contributed by atoms with E-state index in [1.54, 1.807) is 24.8 Å². The Morgan fingerprint density at radius 2 is 2.12 bits per heavy atom. The SMILES string of the molecule is O=C(Nc1cnccn1)[C@H]1COC[C@H]2CN(Cc3cccnc3)C[C@H]21. The number of likely N-dealkylation sites (tertiary alicyclic amines) is 1. The van der Waals surface area contributed by atoms with Crippen LogP contribution in [0.1, 0.15) is 5.56 Å². The molecule has 2 aliphatic heterocycles. The van der Waals surface area contributed by atoms with E-state index in [0.717, 1.165) is 26.2 Å². The summed E-state index contributed by atoms with van der Waals surface area (Å²) in [5, 5.41) is 2.87. The first kappa shape index (κ1) is 16.1. The summed E-state index contributed by atoms with van der Waals surface area (Å²) in [5.41, 5.74) is 1.20. The summed E-state index contributed by atoms with van der Waals surface area (Å²) < 4.78 is 5.72. The topological polar surface area (TPSA) is 80.2 Å². The molecule has 0 radical (unpaired) electrons. The van der Waals surface area contributed by atoms with Gasteiger partial charge in [0.15, 0.2) is 5.82 Å². The molecule has 7 nitrogen and oxygen atoms in total. The van der Waals surface area contributed by atoms with Crippen molar-refractivity contribution in [3.63, 3.8) is 0 Å². The van der Waals surface area contributed by atoms with Crippen LogP contribution >= 0.6 is 0 Å².